The van der Waals surface area contributed by atoms with Gasteiger partial charge in [-0.3, -0.25) is 14.5 Å². The molecule has 2 unspecified atom stereocenters. The number of aliphatic hydroxyl groups is 1. The number of carbonyl (C=O) groups is 2. The van der Waals surface area contributed by atoms with Crippen LogP contribution in [0.25, 0.3) is 10.9 Å². The van der Waals surface area contributed by atoms with E-state index in [4.69, 9.17) is 67.5 Å². The van der Waals surface area contributed by atoms with Gasteiger partial charge in [0, 0.05) is 34.1 Å². The molecule has 0 saturated carbocycles. The topological polar surface area (TPSA) is 85.9 Å². The van der Waals surface area contributed by atoms with Gasteiger partial charge in [0.2, 0.25) is 0 Å². The van der Waals surface area contributed by atoms with Gasteiger partial charge >= 0.3 is 0 Å². The van der Waals surface area contributed by atoms with Crippen molar-refractivity contribution in [3.8, 4) is 5.75 Å². The fourth-order valence-electron chi connectivity index (χ4n) is 5.62. The number of hydrogen-bond acceptors (Lipinski definition) is 5. The van der Waals surface area contributed by atoms with Gasteiger partial charge in [0.05, 0.1) is 64.3 Å². The summed E-state index contributed by atoms with van der Waals surface area (Å²) in [6.45, 7) is 0.890. The van der Waals surface area contributed by atoms with Crippen LogP contribution in [0.1, 0.15) is 45.2 Å². The number of nitrogens with zero attached hydrogens (tertiary/aromatic N) is 2. The smallest absolute Gasteiger partial charge is 0.260 e. The number of hydrogen-bond donors (Lipinski definition) is 2. The van der Waals surface area contributed by atoms with Crippen molar-refractivity contribution >= 4 is 85.5 Å². The Bertz CT molecular complexity index is 1490. The molecule has 2 aliphatic rings. The maximum atomic E-state index is 13.1. The number of aliphatic hydroxyl groups excluding tert-OH is 1. The number of amides is 2. The Morgan fingerprint density at radius 1 is 0.951 bits per heavy atom. The Morgan fingerprint density at radius 2 is 1.56 bits per heavy atom. The van der Waals surface area contributed by atoms with Crippen LogP contribution in [0, 0.1) is 0 Å². The van der Waals surface area contributed by atoms with Crippen LogP contribution < -0.4 is 4.74 Å². The molecule has 2 atom stereocenters. The van der Waals surface area contributed by atoms with Crippen LogP contribution in [0.3, 0.4) is 0 Å². The predicted octanol–water partition coefficient (Wildman–Crippen LogP) is -0.141. The molecule has 2 aliphatic heterocycles. The van der Waals surface area contributed by atoms with Crippen molar-refractivity contribution in [3.63, 3.8) is 0 Å². The van der Waals surface area contributed by atoms with Gasteiger partial charge in [-0.25, -0.2) is 0 Å². The summed E-state index contributed by atoms with van der Waals surface area (Å²) >= 11 is 0. The lowest BCUT2D eigenvalue weighted by Gasteiger charge is -2.63. The molecule has 188 valence electrons. The number of rotatable bonds is 8. The number of carbonyl (C=O) groups excluding carboxylic acids is 2. The molecule has 3 aromatic rings. The van der Waals surface area contributed by atoms with Gasteiger partial charge in [-0.2, -0.15) is 0 Å². The van der Waals surface area contributed by atoms with Crippen molar-refractivity contribution in [2.24, 2.45) is 0 Å². The monoisotopic (exact) mass is 527 g/mol. The van der Waals surface area contributed by atoms with Gasteiger partial charge < -0.3 is 19.7 Å². The van der Waals surface area contributed by atoms with E-state index in [1.165, 1.54) is 18.2 Å². The SMILES string of the molecule is [B]C([B])(Oc1ccc2[nH]cc(C(O)C3CCCN3C)c2c1)C([B])([B])C([B])([B])C([B])([B])N1C(=O)c2ccccc2C1=O. The fraction of sp³-hybridized carbons (Fsp3) is 0.385. The summed E-state index contributed by atoms with van der Waals surface area (Å²) in [5.74, 6) is -1.61. The van der Waals surface area contributed by atoms with Crippen LogP contribution in [0.2, 0.25) is 10.4 Å². The van der Waals surface area contributed by atoms with Crippen molar-refractivity contribution in [3.05, 3.63) is 65.4 Å². The molecule has 15 heteroatoms. The Hall–Kier alpha value is -2.64. The van der Waals surface area contributed by atoms with Gasteiger partial charge in [-0.05, 0) is 62.1 Å². The second kappa shape index (κ2) is 9.98. The Labute approximate surface area is 250 Å². The highest BCUT2D eigenvalue weighted by Crippen LogP contribution is 2.56. The summed E-state index contributed by atoms with van der Waals surface area (Å²) < 4.78 is 5.83. The average molecular weight is 526 g/mol. The first-order valence-electron chi connectivity index (χ1n) is 13.0. The molecule has 16 radical (unpaired) electrons. The Balaban J connectivity index is 1.44. The molecule has 2 amide bonds. The number of aromatic nitrogens is 1. The average Bonchev–Trinajstić information content (AvgIpc) is 3.59. The number of likely N-dealkylation sites (N-methyl/N-ethyl adjacent to an activating group) is 1. The Morgan fingerprint density at radius 3 is 2.12 bits per heavy atom. The number of nitrogens with one attached hydrogen (secondary N) is 1. The molecule has 0 aliphatic carbocycles. The third kappa shape index (κ3) is 4.46. The second-order valence-electron chi connectivity index (χ2n) is 11.0. The molecule has 7 nitrogen and oxygen atoms in total. The molecule has 0 spiro atoms. The van der Waals surface area contributed by atoms with Crippen LogP contribution in [0.15, 0.2) is 48.7 Å². The van der Waals surface area contributed by atoms with E-state index < -0.39 is 39.1 Å². The molecule has 1 saturated heterocycles. The molecule has 1 fully saturated rings. The summed E-state index contributed by atoms with van der Waals surface area (Å²) in [6, 6.07) is 10.7. The van der Waals surface area contributed by atoms with E-state index in [2.05, 4.69) is 9.88 Å². The van der Waals surface area contributed by atoms with Gasteiger partial charge in [0.25, 0.3) is 11.8 Å². The van der Waals surface area contributed by atoms with E-state index >= 15 is 0 Å². The maximum Gasteiger partial charge on any atom is 0.260 e. The minimum absolute atomic E-state index is 0.0397. The number of H-pyrrole nitrogens is 1. The second-order valence-corrected chi connectivity index (χ2v) is 11.0. The number of imide groups is 1. The fourth-order valence-corrected chi connectivity index (χ4v) is 5.62. The summed E-state index contributed by atoms with van der Waals surface area (Å²) in [4.78, 5) is 31.9. The van der Waals surface area contributed by atoms with Crippen LogP contribution in [0.5, 0.6) is 5.75 Å². The van der Waals surface area contributed by atoms with Crippen molar-refractivity contribution < 1.29 is 19.4 Å². The number of aromatic amines is 1. The highest BCUT2D eigenvalue weighted by molar-refractivity contribution is 6.66. The third-order valence-corrected chi connectivity index (χ3v) is 8.39. The van der Waals surface area contributed by atoms with Crippen LogP contribution in [-0.2, 0) is 0 Å². The molecule has 1 aromatic heterocycles. The zero-order chi connectivity index (χ0) is 30.1. The van der Waals surface area contributed by atoms with Crippen LogP contribution >= 0.6 is 0 Å². The Kier molecular flexibility index (Phi) is 7.26. The lowest BCUT2D eigenvalue weighted by molar-refractivity contribution is 0.0573. The van der Waals surface area contributed by atoms with Gasteiger partial charge in [-0.15, -0.1) is 0 Å². The first kappa shape index (κ1) is 29.8. The van der Waals surface area contributed by atoms with E-state index in [0.717, 1.165) is 24.9 Å². The lowest BCUT2D eigenvalue weighted by atomic mass is 9.14. The van der Waals surface area contributed by atoms with E-state index in [-0.39, 0.29) is 22.9 Å². The summed E-state index contributed by atoms with van der Waals surface area (Å²) in [7, 11) is 52.4. The van der Waals surface area contributed by atoms with Crippen LogP contribution in [0.4, 0.5) is 0 Å². The van der Waals surface area contributed by atoms with Gasteiger partial charge in [0.1, 0.15) is 21.4 Å². The zero-order valence-electron chi connectivity index (χ0n) is 22.6. The summed E-state index contributed by atoms with van der Waals surface area (Å²) in [5, 5.41) is 1.14. The van der Waals surface area contributed by atoms with Gasteiger partial charge in [0.15, 0.2) is 0 Å². The molecule has 2 N–H and O–H groups in total. The predicted molar refractivity (Wildman–Crippen MR) is 163 cm³/mol. The quantitative estimate of drug-likeness (QED) is 0.316. The molecular formula is C26H21B8N3O4. The molecule has 0 bridgehead atoms. The molecule has 5 rings (SSSR count). The van der Waals surface area contributed by atoms with Crippen molar-refractivity contribution in [1.82, 2.24) is 14.8 Å². The zero-order valence-corrected chi connectivity index (χ0v) is 22.6. The number of fused-ring (bicyclic) bond motifs is 2. The van der Waals surface area contributed by atoms with Crippen molar-refractivity contribution in [2.45, 2.75) is 46.2 Å². The highest BCUT2D eigenvalue weighted by atomic mass is 16.5. The molecule has 3 heterocycles. The number of ether oxygens (including phenoxy) is 1. The van der Waals surface area contributed by atoms with Crippen LogP contribution in [-0.4, -0.2) is 125 Å². The highest BCUT2D eigenvalue weighted by Gasteiger charge is 2.57. The minimum atomic E-state index is -2.72. The molecule has 41 heavy (non-hydrogen) atoms. The van der Waals surface area contributed by atoms with Crippen molar-refractivity contribution in [2.75, 3.05) is 13.6 Å². The molecule has 2 aromatic carbocycles. The molecular weight excluding hydrogens is 505 g/mol. The van der Waals surface area contributed by atoms with E-state index in [9.17, 15) is 14.7 Å². The van der Waals surface area contributed by atoms with E-state index in [0.29, 0.717) is 15.8 Å². The van der Waals surface area contributed by atoms with E-state index in [1.54, 1.807) is 30.5 Å². The first-order chi connectivity index (χ1) is 19.0. The minimum Gasteiger partial charge on any atom is -0.508 e. The van der Waals surface area contributed by atoms with E-state index in [1.807, 2.05) is 7.05 Å². The normalized spacial score (nSPS) is 19.6. The number of likely N-dealkylation sites (tertiary alicyclic amines) is 1. The summed E-state index contributed by atoms with van der Waals surface area (Å²) in [6.07, 6.45) is 2.78. The lowest BCUT2D eigenvalue weighted by Crippen LogP contribution is -2.69. The largest absolute Gasteiger partial charge is 0.508 e. The van der Waals surface area contributed by atoms with Crippen molar-refractivity contribution in [1.29, 1.82) is 0 Å². The summed E-state index contributed by atoms with van der Waals surface area (Å²) in [5.41, 5.74) is 1.45. The standard InChI is InChI=1S/C26H21B8N3O4/c1-36-10-4-7-19(36)20(38)17-12-35-18-9-8-13(11-16(17)18)41-26(33,34)24(29,30)23(27,28)25(31,32)37-21(39)14-5-2-3-6-15(14)22(37)40/h2-3,5-6,8-9,11-12,19-20,35,38H,4,7,10H2,1H3. The first-order valence-corrected chi connectivity index (χ1v) is 13.0. The van der Waals surface area contributed by atoms with Gasteiger partial charge in [-0.1, -0.05) is 22.6 Å². The number of benzene rings is 2. The maximum absolute atomic E-state index is 13.1. The third-order valence-electron chi connectivity index (χ3n) is 8.39.